The molecule has 0 saturated carbocycles. The highest BCUT2D eigenvalue weighted by molar-refractivity contribution is 5.80. The van der Waals surface area contributed by atoms with Gasteiger partial charge in [-0.05, 0) is 63.9 Å². The number of ether oxygens (including phenoxy) is 2. The van der Waals surface area contributed by atoms with Crippen LogP contribution in [0.5, 0.6) is 11.5 Å². The minimum absolute atomic E-state index is 0.113. The molecule has 2 rings (SSSR count). The van der Waals surface area contributed by atoms with Crippen LogP contribution in [0.1, 0.15) is 45.7 Å². The number of nitrogens with zero attached hydrogens (tertiary/aromatic N) is 2. The van der Waals surface area contributed by atoms with Gasteiger partial charge in [0.25, 0.3) is 0 Å². The second-order valence-corrected chi connectivity index (χ2v) is 6.94. The SMILES string of the molecule is CCOc1ccc(C(C)NC(=NC)NCC2CCN(CC)C2)cc1OCC. The van der Waals surface area contributed by atoms with Crippen LogP contribution in [-0.2, 0) is 0 Å². The lowest BCUT2D eigenvalue weighted by Gasteiger charge is -2.21. The molecule has 0 spiro atoms. The molecule has 0 aliphatic carbocycles. The molecule has 27 heavy (non-hydrogen) atoms. The average molecular weight is 377 g/mol. The van der Waals surface area contributed by atoms with Crippen LogP contribution in [-0.4, -0.2) is 57.3 Å². The van der Waals surface area contributed by atoms with Crippen molar-refractivity contribution in [3.63, 3.8) is 0 Å². The minimum Gasteiger partial charge on any atom is -0.490 e. The van der Waals surface area contributed by atoms with E-state index < -0.39 is 0 Å². The molecule has 1 aliphatic heterocycles. The van der Waals surface area contributed by atoms with Gasteiger partial charge in [0.05, 0.1) is 19.3 Å². The zero-order valence-corrected chi connectivity index (χ0v) is 17.5. The highest BCUT2D eigenvalue weighted by Crippen LogP contribution is 2.30. The first-order chi connectivity index (χ1) is 13.1. The lowest BCUT2D eigenvalue weighted by molar-refractivity contribution is 0.287. The van der Waals surface area contributed by atoms with Gasteiger partial charge in [-0.15, -0.1) is 0 Å². The van der Waals surface area contributed by atoms with Gasteiger partial charge in [0.15, 0.2) is 17.5 Å². The van der Waals surface area contributed by atoms with Gasteiger partial charge in [-0.1, -0.05) is 13.0 Å². The largest absolute Gasteiger partial charge is 0.490 e. The average Bonchev–Trinajstić information content (AvgIpc) is 3.14. The molecule has 1 heterocycles. The van der Waals surface area contributed by atoms with Gasteiger partial charge in [0.1, 0.15) is 0 Å². The molecule has 2 N–H and O–H groups in total. The highest BCUT2D eigenvalue weighted by Gasteiger charge is 2.21. The Hall–Kier alpha value is -1.95. The number of nitrogens with one attached hydrogen (secondary N) is 2. The lowest BCUT2D eigenvalue weighted by Crippen LogP contribution is -2.41. The quantitative estimate of drug-likeness (QED) is 0.512. The van der Waals surface area contributed by atoms with Crippen LogP contribution in [0.25, 0.3) is 0 Å². The van der Waals surface area contributed by atoms with Crippen molar-refractivity contribution < 1.29 is 9.47 Å². The monoisotopic (exact) mass is 376 g/mol. The molecule has 0 radical (unpaired) electrons. The standard InChI is InChI=1S/C21H36N4O2/c1-6-25-12-11-17(15-25)14-23-21(22-5)24-16(4)18-9-10-19(26-7-2)20(13-18)27-8-3/h9-10,13,16-17H,6-8,11-12,14-15H2,1-5H3,(H2,22,23,24). The fourth-order valence-corrected chi connectivity index (χ4v) is 3.43. The molecule has 0 amide bonds. The fraction of sp³-hybridized carbons (Fsp3) is 0.667. The Morgan fingerprint density at radius 1 is 1.22 bits per heavy atom. The number of rotatable bonds is 9. The topological polar surface area (TPSA) is 58.1 Å². The van der Waals surface area contributed by atoms with Crippen molar-refractivity contribution in [2.75, 3.05) is 46.4 Å². The van der Waals surface area contributed by atoms with E-state index in [1.54, 1.807) is 0 Å². The van der Waals surface area contributed by atoms with Crippen LogP contribution in [0.3, 0.4) is 0 Å². The first-order valence-corrected chi connectivity index (χ1v) is 10.2. The summed E-state index contributed by atoms with van der Waals surface area (Å²) in [4.78, 5) is 6.88. The van der Waals surface area contributed by atoms with Crippen LogP contribution < -0.4 is 20.1 Å². The third-order valence-corrected chi connectivity index (χ3v) is 5.02. The number of guanidine groups is 1. The predicted octanol–water partition coefficient (Wildman–Crippen LogP) is 3.05. The van der Waals surface area contributed by atoms with Crippen LogP contribution >= 0.6 is 0 Å². The van der Waals surface area contributed by atoms with E-state index in [2.05, 4.69) is 46.5 Å². The van der Waals surface area contributed by atoms with Gasteiger partial charge in [-0.2, -0.15) is 0 Å². The molecule has 152 valence electrons. The Morgan fingerprint density at radius 3 is 2.59 bits per heavy atom. The van der Waals surface area contributed by atoms with E-state index in [0.29, 0.717) is 19.1 Å². The molecule has 1 saturated heterocycles. The van der Waals surface area contributed by atoms with Crippen LogP contribution in [0.4, 0.5) is 0 Å². The van der Waals surface area contributed by atoms with Gasteiger partial charge in [0, 0.05) is 20.1 Å². The predicted molar refractivity (Wildman–Crippen MR) is 112 cm³/mol. The molecule has 1 aromatic rings. The van der Waals surface area contributed by atoms with E-state index in [1.165, 1.54) is 19.5 Å². The van der Waals surface area contributed by atoms with E-state index in [-0.39, 0.29) is 6.04 Å². The molecule has 2 unspecified atom stereocenters. The minimum atomic E-state index is 0.113. The van der Waals surface area contributed by atoms with Crippen molar-refractivity contribution in [3.05, 3.63) is 23.8 Å². The maximum absolute atomic E-state index is 5.74. The third-order valence-electron chi connectivity index (χ3n) is 5.02. The summed E-state index contributed by atoms with van der Waals surface area (Å²) in [6, 6.07) is 6.22. The first-order valence-electron chi connectivity index (χ1n) is 10.2. The van der Waals surface area contributed by atoms with Gasteiger partial charge in [-0.3, -0.25) is 4.99 Å². The van der Waals surface area contributed by atoms with Gasteiger partial charge in [0.2, 0.25) is 0 Å². The maximum Gasteiger partial charge on any atom is 0.191 e. The second-order valence-electron chi connectivity index (χ2n) is 6.94. The normalized spacial score (nSPS) is 19.0. The lowest BCUT2D eigenvalue weighted by atomic mass is 10.1. The van der Waals surface area contributed by atoms with E-state index >= 15 is 0 Å². The van der Waals surface area contributed by atoms with Crippen molar-refractivity contribution in [2.24, 2.45) is 10.9 Å². The Kier molecular flexibility index (Phi) is 8.72. The molecule has 2 atom stereocenters. The van der Waals surface area contributed by atoms with Crippen molar-refractivity contribution in [1.82, 2.24) is 15.5 Å². The maximum atomic E-state index is 5.74. The zero-order chi connectivity index (χ0) is 19.6. The summed E-state index contributed by atoms with van der Waals surface area (Å²) in [6.45, 7) is 14.0. The smallest absolute Gasteiger partial charge is 0.191 e. The molecule has 6 heteroatoms. The summed E-state index contributed by atoms with van der Waals surface area (Å²) in [5.41, 5.74) is 1.14. The van der Waals surface area contributed by atoms with Crippen LogP contribution in [0, 0.1) is 5.92 Å². The summed E-state index contributed by atoms with van der Waals surface area (Å²) in [7, 11) is 1.82. The summed E-state index contributed by atoms with van der Waals surface area (Å²) in [6.07, 6.45) is 1.25. The molecule has 1 fully saturated rings. The molecule has 0 aromatic heterocycles. The summed E-state index contributed by atoms with van der Waals surface area (Å²) in [5.74, 6) is 3.11. The Bertz CT molecular complexity index is 606. The van der Waals surface area contributed by atoms with Crippen LogP contribution in [0.2, 0.25) is 0 Å². The van der Waals surface area contributed by atoms with E-state index in [0.717, 1.165) is 36.1 Å². The number of hydrogen-bond donors (Lipinski definition) is 2. The molecule has 1 aromatic carbocycles. The Labute approximate surface area is 164 Å². The second kappa shape index (κ2) is 11.0. The van der Waals surface area contributed by atoms with Crippen LogP contribution in [0.15, 0.2) is 23.2 Å². The summed E-state index contributed by atoms with van der Waals surface area (Å²) in [5, 5.41) is 6.97. The molecule has 6 nitrogen and oxygen atoms in total. The van der Waals surface area contributed by atoms with E-state index in [9.17, 15) is 0 Å². The summed E-state index contributed by atoms with van der Waals surface area (Å²) >= 11 is 0. The molecular formula is C21H36N4O2. The number of hydrogen-bond acceptors (Lipinski definition) is 4. The number of aliphatic imine (C=N–C) groups is 1. The first kappa shape index (κ1) is 21.4. The van der Waals surface area contributed by atoms with Gasteiger partial charge in [-0.25, -0.2) is 0 Å². The van der Waals surface area contributed by atoms with E-state index in [4.69, 9.17) is 9.47 Å². The van der Waals surface area contributed by atoms with Crippen molar-refractivity contribution in [1.29, 1.82) is 0 Å². The molecule has 1 aliphatic rings. The fourth-order valence-electron chi connectivity index (χ4n) is 3.43. The number of benzene rings is 1. The van der Waals surface area contributed by atoms with Crippen molar-refractivity contribution in [2.45, 2.75) is 40.2 Å². The zero-order valence-electron chi connectivity index (χ0n) is 17.5. The van der Waals surface area contributed by atoms with Gasteiger partial charge >= 0.3 is 0 Å². The highest BCUT2D eigenvalue weighted by atomic mass is 16.5. The van der Waals surface area contributed by atoms with Crippen molar-refractivity contribution in [3.8, 4) is 11.5 Å². The van der Waals surface area contributed by atoms with Crippen molar-refractivity contribution >= 4 is 5.96 Å². The Balaban J connectivity index is 1.93. The third kappa shape index (κ3) is 6.31. The molecule has 0 bridgehead atoms. The molecular weight excluding hydrogens is 340 g/mol. The number of likely N-dealkylation sites (tertiary alicyclic amines) is 1. The summed E-state index contributed by atoms with van der Waals surface area (Å²) < 4.78 is 11.4. The Morgan fingerprint density at radius 2 is 1.96 bits per heavy atom. The van der Waals surface area contributed by atoms with Gasteiger partial charge < -0.3 is 25.0 Å². The van der Waals surface area contributed by atoms with E-state index in [1.807, 2.05) is 27.0 Å².